The van der Waals surface area contributed by atoms with Crippen molar-refractivity contribution < 1.29 is 4.79 Å². The van der Waals surface area contributed by atoms with Crippen LogP contribution >= 0.6 is 11.3 Å². The SMILES string of the molecule is Cc1cc(C)c2nc(N(Cc3ccccc3)C(=O)c3c[nH]c4ccccc34)sc2c1. The number of thiazole rings is 1. The van der Waals surface area contributed by atoms with E-state index in [1.165, 1.54) is 5.56 Å². The van der Waals surface area contributed by atoms with Gasteiger partial charge in [-0.25, -0.2) is 4.98 Å². The number of hydrogen-bond donors (Lipinski definition) is 1. The Kier molecular flexibility index (Phi) is 4.60. The third kappa shape index (κ3) is 3.27. The number of nitrogens with one attached hydrogen (secondary N) is 1. The molecule has 2 aromatic heterocycles. The van der Waals surface area contributed by atoms with Gasteiger partial charge in [0.1, 0.15) is 0 Å². The summed E-state index contributed by atoms with van der Waals surface area (Å²) in [5.41, 5.74) is 5.98. The molecule has 0 atom stereocenters. The molecule has 5 heteroatoms. The molecule has 4 nitrogen and oxygen atoms in total. The second-order valence-corrected chi connectivity index (χ2v) is 8.56. The summed E-state index contributed by atoms with van der Waals surface area (Å²) in [5, 5.41) is 1.64. The zero-order valence-corrected chi connectivity index (χ0v) is 17.7. The highest BCUT2D eigenvalue weighted by molar-refractivity contribution is 7.22. The maximum Gasteiger partial charge on any atom is 0.262 e. The number of H-pyrrole nitrogens is 1. The molecule has 0 spiro atoms. The molecular formula is C25H21N3OS. The van der Waals surface area contributed by atoms with Gasteiger partial charge < -0.3 is 4.98 Å². The van der Waals surface area contributed by atoms with Crippen LogP contribution in [0.5, 0.6) is 0 Å². The molecule has 30 heavy (non-hydrogen) atoms. The number of hydrogen-bond acceptors (Lipinski definition) is 3. The van der Waals surface area contributed by atoms with Gasteiger partial charge in [0.15, 0.2) is 5.13 Å². The van der Waals surface area contributed by atoms with Gasteiger partial charge in [-0.2, -0.15) is 0 Å². The standard InChI is InChI=1S/C25H21N3OS/c1-16-12-17(2)23-22(13-16)30-25(27-23)28(15-18-8-4-3-5-9-18)24(29)20-14-26-21-11-7-6-10-19(20)21/h3-14,26H,15H2,1-2H3. The summed E-state index contributed by atoms with van der Waals surface area (Å²) in [6.07, 6.45) is 1.80. The molecule has 0 fully saturated rings. The van der Waals surface area contributed by atoms with Crippen LogP contribution in [0.1, 0.15) is 27.0 Å². The van der Waals surface area contributed by atoms with Gasteiger partial charge in [0.05, 0.1) is 22.3 Å². The number of aromatic amines is 1. The Bertz CT molecular complexity index is 1370. The lowest BCUT2D eigenvalue weighted by Gasteiger charge is -2.20. The maximum absolute atomic E-state index is 13.7. The molecule has 5 aromatic rings. The highest BCUT2D eigenvalue weighted by atomic mass is 32.1. The summed E-state index contributed by atoms with van der Waals surface area (Å²) in [7, 11) is 0. The van der Waals surface area contributed by atoms with Crippen LogP contribution in [0.2, 0.25) is 0 Å². The second-order valence-electron chi connectivity index (χ2n) is 7.55. The molecule has 5 rings (SSSR count). The fraction of sp³-hybridized carbons (Fsp3) is 0.120. The number of fused-ring (bicyclic) bond motifs is 2. The van der Waals surface area contributed by atoms with Crippen LogP contribution in [0.3, 0.4) is 0 Å². The third-order valence-electron chi connectivity index (χ3n) is 5.30. The number of aromatic nitrogens is 2. The molecule has 0 bridgehead atoms. The number of rotatable bonds is 4. The second kappa shape index (κ2) is 7.43. The van der Waals surface area contributed by atoms with E-state index in [-0.39, 0.29) is 5.91 Å². The van der Waals surface area contributed by atoms with Crippen LogP contribution in [0.4, 0.5) is 5.13 Å². The Labute approximate surface area is 178 Å². The Morgan fingerprint density at radius 1 is 1.03 bits per heavy atom. The van der Waals surface area contributed by atoms with E-state index in [0.29, 0.717) is 12.1 Å². The van der Waals surface area contributed by atoms with Crippen LogP contribution in [-0.4, -0.2) is 15.9 Å². The van der Waals surface area contributed by atoms with Gasteiger partial charge in [-0.1, -0.05) is 65.9 Å². The van der Waals surface area contributed by atoms with Gasteiger partial charge in [-0.3, -0.25) is 9.69 Å². The van der Waals surface area contributed by atoms with E-state index in [4.69, 9.17) is 4.98 Å². The van der Waals surface area contributed by atoms with Crippen molar-refractivity contribution in [1.29, 1.82) is 0 Å². The van der Waals surface area contributed by atoms with E-state index in [2.05, 4.69) is 31.0 Å². The van der Waals surface area contributed by atoms with Crippen molar-refractivity contribution >= 4 is 43.5 Å². The number of benzene rings is 3. The molecule has 0 aliphatic heterocycles. The molecule has 0 unspecified atom stereocenters. The van der Waals surface area contributed by atoms with E-state index in [0.717, 1.165) is 37.4 Å². The van der Waals surface area contributed by atoms with Gasteiger partial charge in [0.25, 0.3) is 5.91 Å². The zero-order valence-electron chi connectivity index (χ0n) is 16.8. The van der Waals surface area contributed by atoms with E-state index in [1.807, 2.05) is 54.6 Å². The van der Waals surface area contributed by atoms with Gasteiger partial charge in [-0.15, -0.1) is 0 Å². The quantitative estimate of drug-likeness (QED) is 0.380. The molecule has 1 amide bonds. The summed E-state index contributed by atoms with van der Waals surface area (Å²) < 4.78 is 1.10. The average molecular weight is 412 g/mol. The third-order valence-corrected chi connectivity index (χ3v) is 6.32. The Morgan fingerprint density at radius 2 is 1.80 bits per heavy atom. The van der Waals surface area contributed by atoms with Crippen molar-refractivity contribution in [3.05, 3.63) is 95.2 Å². The number of carbonyl (C=O) groups excluding carboxylic acids is 1. The molecular weight excluding hydrogens is 390 g/mol. The van der Waals surface area contributed by atoms with Crippen molar-refractivity contribution in [3.63, 3.8) is 0 Å². The summed E-state index contributed by atoms with van der Waals surface area (Å²) in [4.78, 5) is 23.6. The predicted molar refractivity (Wildman–Crippen MR) is 124 cm³/mol. The van der Waals surface area contributed by atoms with Crippen LogP contribution in [-0.2, 0) is 6.54 Å². The molecule has 0 saturated heterocycles. The van der Waals surface area contributed by atoms with E-state index < -0.39 is 0 Å². The number of carbonyl (C=O) groups is 1. The monoisotopic (exact) mass is 411 g/mol. The van der Waals surface area contributed by atoms with E-state index in [9.17, 15) is 4.79 Å². The van der Waals surface area contributed by atoms with E-state index in [1.54, 1.807) is 22.4 Å². The maximum atomic E-state index is 13.7. The number of aryl methyl sites for hydroxylation is 2. The molecule has 0 aliphatic rings. The molecule has 2 heterocycles. The van der Waals surface area contributed by atoms with Crippen LogP contribution in [0.25, 0.3) is 21.1 Å². The van der Waals surface area contributed by atoms with Crippen molar-refractivity contribution in [3.8, 4) is 0 Å². The minimum atomic E-state index is -0.0512. The van der Waals surface area contributed by atoms with Gasteiger partial charge in [0, 0.05) is 17.1 Å². The number of nitrogens with zero attached hydrogens (tertiary/aromatic N) is 2. The lowest BCUT2D eigenvalue weighted by Crippen LogP contribution is -2.30. The average Bonchev–Trinajstić information content (AvgIpc) is 3.37. The van der Waals surface area contributed by atoms with Crippen LogP contribution < -0.4 is 4.90 Å². The number of amides is 1. The fourth-order valence-corrected chi connectivity index (χ4v) is 5.00. The van der Waals surface area contributed by atoms with Crippen molar-refractivity contribution in [1.82, 2.24) is 9.97 Å². The van der Waals surface area contributed by atoms with Crippen LogP contribution in [0.15, 0.2) is 72.9 Å². The zero-order chi connectivity index (χ0) is 20.7. The largest absolute Gasteiger partial charge is 0.360 e. The predicted octanol–water partition coefficient (Wildman–Crippen LogP) is 6.24. The van der Waals surface area contributed by atoms with Crippen molar-refractivity contribution in [2.75, 3.05) is 4.90 Å². The minimum absolute atomic E-state index is 0.0512. The first kappa shape index (κ1) is 18.6. The lowest BCUT2D eigenvalue weighted by molar-refractivity contribution is 0.0986. The van der Waals surface area contributed by atoms with Crippen LogP contribution in [0, 0.1) is 13.8 Å². The first-order chi connectivity index (χ1) is 14.6. The summed E-state index contributed by atoms with van der Waals surface area (Å²) in [5.74, 6) is -0.0512. The Morgan fingerprint density at radius 3 is 2.63 bits per heavy atom. The Hall–Kier alpha value is -3.44. The molecule has 148 valence electrons. The van der Waals surface area contributed by atoms with Gasteiger partial charge in [0.2, 0.25) is 0 Å². The van der Waals surface area contributed by atoms with E-state index >= 15 is 0 Å². The summed E-state index contributed by atoms with van der Waals surface area (Å²) in [6.45, 7) is 4.63. The number of para-hydroxylation sites is 1. The Balaban J connectivity index is 1.63. The number of anilines is 1. The first-order valence-electron chi connectivity index (χ1n) is 9.90. The summed E-state index contributed by atoms with van der Waals surface area (Å²) in [6, 6.07) is 22.2. The molecule has 0 saturated carbocycles. The van der Waals surface area contributed by atoms with Gasteiger partial charge in [-0.05, 0) is 42.7 Å². The van der Waals surface area contributed by atoms with Gasteiger partial charge >= 0.3 is 0 Å². The fourth-order valence-electron chi connectivity index (χ4n) is 3.86. The first-order valence-corrected chi connectivity index (χ1v) is 10.7. The molecule has 1 N–H and O–H groups in total. The van der Waals surface area contributed by atoms with Crippen molar-refractivity contribution in [2.24, 2.45) is 0 Å². The smallest absolute Gasteiger partial charge is 0.262 e. The summed E-state index contributed by atoms with van der Waals surface area (Å²) >= 11 is 1.57. The minimum Gasteiger partial charge on any atom is -0.360 e. The molecule has 3 aromatic carbocycles. The highest BCUT2D eigenvalue weighted by Gasteiger charge is 2.24. The normalized spacial score (nSPS) is 11.3. The highest BCUT2D eigenvalue weighted by Crippen LogP contribution is 2.34. The topological polar surface area (TPSA) is 49.0 Å². The lowest BCUT2D eigenvalue weighted by atomic mass is 10.1. The van der Waals surface area contributed by atoms with Crippen molar-refractivity contribution in [2.45, 2.75) is 20.4 Å². The molecule has 0 aliphatic carbocycles. The molecule has 0 radical (unpaired) electrons.